The summed E-state index contributed by atoms with van der Waals surface area (Å²) in [6.07, 6.45) is 6.34. The summed E-state index contributed by atoms with van der Waals surface area (Å²) < 4.78 is 40.1. The van der Waals surface area contributed by atoms with Crippen molar-refractivity contribution in [3.8, 4) is 0 Å². The summed E-state index contributed by atoms with van der Waals surface area (Å²) in [7, 11) is 0. The third-order valence-electron chi connectivity index (χ3n) is 7.75. The quantitative estimate of drug-likeness (QED) is 0.530. The molecular weight excluding hydrogens is 489 g/mol. The van der Waals surface area contributed by atoms with E-state index < -0.39 is 23.7 Å². The summed E-state index contributed by atoms with van der Waals surface area (Å²) in [6.45, 7) is 0.985. The number of thioether (sulfide) groups is 1. The van der Waals surface area contributed by atoms with Crippen LogP contribution in [0.5, 0.6) is 0 Å². The SMILES string of the molecule is NC(=O)C1=CN(C(CC2CCCCC2)C(=O)NC2CC2)C(CN2CCc3ccc(C(F)(F)F)cc32)S1. The molecule has 2 aliphatic carbocycles. The summed E-state index contributed by atoms with van der Waals surface area (Å²) in [5.74, 6) is -0.142. The maximum Gasteiger partial charge on any atom is 0.416 e. The van der Waals surface area contributed by atoms with E-state index in [1.807, 2.05) is 9.80 Å². The Morgan fingerprint density at radius 1 is 1.14 bits per heavy atom. The second-order valence-corrected chi connectivity index (χ2v) is 11.7. The molecule has 36 heavy (non-hydrogen) atoms. The molecule has 1 aromatic carbocycles. The molecule has 4 aliphatic rings. The van der Waals surface area contributed by atoms with Gasteiger partial charge in [0.25, 0.3) is 5.91 Å². The first-order valence-corrected chi connectivity index (χ1v) is 13.8. The molecule has 2 unspecified atom stereocenters. The first kappa shape index (κ1) is 25.3. The van der Waals surface area contributed by atoms with Crippen LogP contribution >= 0.6 is 11.8 Å². The Kier molecular flexibility index (Phi) is 7.16. The van der Waals surface area contributed by atoms with E-state index in [1.54, 1.807) is 12.3 Å². The second kappa shape index (κ2) is 10.2. The molecule has 1 aromatic rings. The van der Waals surface area contributed by atoms with Crippen LogP contribution in [0.4, 0.5) is 18.9 Å². The van der Waals surface area contributed by atoms with Crippen LogP contribution in [0.15, 0.2) is 29.3 Å². The van der Waals surface area contributed by atoms with Crippen LogP contribution in [0.3, 0.4) is 0 Å². The van der Waals surface area contributed by atoms with Gasteiger partial charge in [-0.2, -0.15) is 13.2 Å². The van der Waals surface area contributed by atoms with Crippen molar-refractivity contribution in [2.45, 2.75) is 81.4 Å². The van der Waals surface area contributed by atoms with Crippen molar-refractivity contribution in [3.63, 3.8) is 0 Å². The highest BCUT2D eigenvalue weighted by Gasteiger charge is 2.41. The number of hydrogen-bond acceptors (Lipinski definition) is 5. The van der Waals surface area contributed by atoms with Crippen molar-refractivity contribution in [1.82, 2.24) is 10.2 Å². The van der Waals surface area contributed by atoms with Crippen LogP contribution in [0, 0.1) is 5.92 Å². The lowest BCUT2D eigenvalue weighted by atomic mass is 9.84. The Bertz CT molecular complexity index is 1040. The average molecular weight is 523 g/mol. The molecule has 0 aromatic heterocycles. The number of fused-ring (bicyclic) bond motifs is 1. The van der Waals surface area contributed by atoms with Gasteiger partial charge in [0.2, 0.25) is 5.91 Å². The molecule has 2 atom stereocenters. The van der Waals surface area contributed by atoms with Gasteiger partial charge in [-0.1, -0.05) is 49.9 Å². The Morgan fingerprint density at radius 3 is 2.56 bits per heavy atom. The molecule has 2 aliphatic heterocycles. The monoisotopic (exact) mass is 522 g/mol. The van der Waals surface area contributed by atoms with Gasteiger partial charge in [0.1, 0.15) is 6.04 Å². The molecule has 0 spiro atoms. The van der Waals surface area contributed by atoms with Crippen molar-refractivity contribution in [1.29, 1.82) is 0 Å². The molecule has 10 heteroatoms. The van der Waals surface area contributed by atoms with Crippen LogP contribution in [-0.4, -0.2) is 47.3 Å². The zero-order chi connectivity index (χ0) is 25.4. The predicted molar refractivity (Wildman–Crippen MR) is 134 cm³/mol. The number of alkyl halides is 3. The molecule has 2 heterocycles. The highest BCUT2D eigenvalue weighted by atomic mass is 32.2. The topological polar surface area (TPSA) is 78.7 Å². The van der Waals surface area contributed by atoms with E-state index in [1.165, 1.54) is 24.2 Å². The van der Waals surface area contributed by atoms with E-state index in [0.29, 0.717) is 42.4 Å². The van der Waals surface area contributed by atoms with Crippen molar-refractivity contribution in [2.75, 3.05) is 18.0 Å². The van der Waals surface area contributed by atoms with Crippen molar-refractivity contribution in [2.24, 2.45) is 11.7 Å². The maximum atomic E-state index is 13.4. The van der Waals surface area contributed by atoms with Crippen LogP contribution in [0.2, 0.25) is 0 Å². The van der Waals surface area contributed by atoms with E-state index in [9.17, 15) is 22.8 Å². The number of halogens is 3. The molecule has 0 radical (unpaired) electrons. The van der Waals surface area contributed by atoms with E-state index in [-0.39, 0.29) is 17.3 Å². The predicted octanol–water partition coefficient (Wildman–Crippen LogP) is 4.39. The van der Waals surface area contributed by atoms with Gasteiger partial charge < -0.3 is 20.9 Å². The molecule has 3 N–H and O–H groups in total. The Balaban J connectivity index is 1.39. The first-order chi connectivity index (χ1) is 17.2. The van der Waals surface area contributed by atoms with Crippen LogP contribution < -0.4 is 16.0 Å². The number of nitrogens with two attached hydrogens (primary N) is 1. The minimum absolute atomic E-state index is 0.0307. The second-order valence-electron chi connectivity index (χ2n) is 10.5. The Hall–Kier alpha value is -2.36. The third-order valence-corrected chi connectivity index (χ3v) is 8.98. The molecule has 0 saturated heterocycles. The van der Waals surface area contributed by atoms with Crippen molar-refractivity contribution < 1.29 is 22.8 Å². The molecule has 5 rings (SSSR count). The lowest BCUT2D eigenvalue weighted by molar-refractivity contribution is -0.137. The summed E-state index contributed by atoms with van der Waals surface area (Å²) in [5, 5.41) is 2.84. The fourth-order valence-electron chi connectivity index (χ4n) is 5.63. The number of hydrogen-bond donors (Lipinski definition) is 2. The summed E-state index contributed by atoms with van der Waals surface area (Å²) in [4.78, 5) is 29.8. The number of benzene rings is 1. The van der Waals surface area contributed by atoms with E-state index in [2.05, 4.69) is 5.32 Å². The van der Waals surface area contributed by atoms with Gasteiger partial charge in [-0.05, 0) is 49.3 Å². The van der Waals surface area contributed by atoms with E-state index in [0.717, 1.165) is 50.2 Å². The average Bonchev–Trinajstić information content (AvgIpc) is 3.41. The number of nitrogens with one attached hydrogen (secondary N) is 1. The number of anilines is 1. The number of rotatable bonds is 8. The first-order valence-electron chi connectivity index (χ1n) is 12.9. The van der Waals surface area contributed by atoms with Crippen molar-refractivity contribution >= 4 is 29.3 Å². The Labute approximate surface area is 213 Å². The van der Waals surface area contributed by atoms with Gasteiger partial charge in [-0.25, -0.2) is 0 Å². The minimum Gasteiger partial charge on any atom is -0.368 e. The van der Waals surface area contributed by atoms with Gasteiger partial charge in [-0.3, -0.25) is 9.59 Å². The summed E-state index contributed by atoms with van der Waals surface area (Å²) in [5.41, 5.74) is 6.42. The van der Waals surface area contributed by atoms with Crippen LogP contribution in [0.25, 0.3) is 0 Å². The lowest BCUT2D eigenvalue weighted by Crippen LogP contribution is -2.50. The molecule has 0 bridgehead atoms. The van der Waals surface area contributed by atoms with Crippen molar-refractivity contribution in [3.05, 3.63) is 40.4 Å². The molecule has 2 saturated carbocycles. The fraction of sp³-hybridized carbons (Fsp3) is 0.615. The number of carbonyl (C=O) groups excluding carboxylic acids is 2. The van der Waals surface area contributed by atoms with Crippen LogP contribution in [-0.2, 0) is 22.2 Å². The zero-order valence-electron chi connectivity index (χ0n) is 20.2. The normalized spacial score (nSPS) is 23.4. The van der Waals surface area contributed by atoms with E-state index in [4.69, 9.17) is 5.73 Å². The fourth-order valence-corrected chi connectivity index (χ4v) is 6.80. The van der Waals surface area contributed by atoms with Gasteiger partial charge in [0, 0.05) is 31.0 Å². The number of amides is 2. The molecule has 2 amide bonds. The number of nitrogens with zero attached hydrogens (tertiary/aromatic N) is 2. The molecular formula is C26H33F3N4O2S. The van der Waals surface area contributed by atoms with E-state index >= 15 is 0 Å². The minimum atomic E-state index is -4.41. The molecule has 6 nitrogen and oxygen atoms in total. The smallest absolute Gasteiger partial charge is 0.368 e. The summed E-state index contributed by atoms with van der Waals surface area (Å²) in [6, 6.07) is 3.68. The van der Waals surface area contributed by atoms with Gasteiger partial charge >= 0.3 is 6.18 Å². The van der Waals surface area contributed by atoms with Gasteiger partial charge in [-0.15, -0.1) is 0 Å². The third kappa shape index (κ3) is 5.63. The standard InChI is InChI=1S/C26H33F3N4O2S/c27-26(28,29)18-7-6-17-10-11-32(20(17)13-18)15-23-33(14-22(36-23)24(30)34)21(25(35)31-19-8-9-19)12-16-4-2-1-3-5-16/h6-7,13-14,16,19,21,23H,1-5,8-12,15H2,(H2,30,34)(H,31,35). The highest BCUT2D eigenvalue weighted by Crippen LogP contribution is 2.41. The largest absolute Gasteiger partial charge is 0.416 e. The summed E-state index contributed by atoms with van der Waals surface area (Å²) >= 11 is 1.31. The maximum absolute atomic E-state index is 13.4. The number of carbonyl (C=O) groups is 2. The zero-order valence-corrected chi connectivity index (χ0v) is 21.0. The Morgan fingerprint density at radius 2 is 1.89 bits per heavy atom. The van der Waals surface area contributed by atoms with Gasteiger partial charge in [0.05, 0.1) is 15.8 Å². The van der Waals surface area contributed by atoms with Gasteiger partial charge in [0.15, 0.2) is 0 Å². The highest BCUT2D eigenvalue weighted by molar-refractivity contribution is 8.04. The lowest BCUT2D eigenvalue weighted by Gasteiger charge is -2.37. The number of primary amides is 1. The molecule has 2 fully saturated rings. The molecule has 196 valence electrons. The van der Waals surface area contributed by atoms with Crippen LogP contribution in [0.1, 0.15) is 62.5 Å².